The highest BCUT2D eigenvalue weighted by Gasteiger charge is 2.15. The van der Waals surface area contributed by atoms with Crippen LogP contribution < -0.4 is 5.32 Å². The molecule has 4 nitrogen and oxygen atoms in total. The number of carbonyl (C=O) groups is 1. The second-order valence-corrected chi connectivity index (χ2v) is 8.12. The average Bonchev–Trinajstić information content (AvgIpc) is 3.11. The number of aryl methyl sites for hydroxylation is 3. The molecule has 1 heterocycles. The molecular formula is C26H27N3O. The molecule has 0 bridgehead atoms. The number of nitrogens with zero attached hydrogens (tertiary/aromatic N) is 2. The third-order valence-corrected chi connectivity index (χ3v) is 5.60. The summed E-state index contributed by atoms with van der Waals surface area (Å²) < 4.78 is 1.95. The van der Waals surface area contributed by atoms with E-state index in [9.17, 15) is 4.79 Å². The van der Waals surface area contributed by atoms with E-state index in [1.807, 2.05) is 36.0 Å². The van der Waals surface area contributed by atoms with Crippen LogP contribution in [0.3, 0.4) is 0 Å². The SMILES string of the molecule is Cc1ccc(Cn2ncc3ccc(C(=O)N[C@@H](C)c4ccc(C)cc4C)cc32)cc1. The van der Waals surface area contributed by atoms with Crippen molar-refractivity contribution in [3.63, 3.8) is 0 Å². The Bertz CT molecular complexity index is 1200. The molecule has 3 aromatic carbocycles. The van der Waals surface area contributed by atoms with Gasteiger partial charge < -0.3 is 5.32 Å². The molecule has 0 radical (unpaired) electrons. The summed E-state index contributed by atoms with van der Waals surface area (Å²) in [7, 11) is 0. The Morgan fingerprint density at radius 3 is 2.43 bits per heavy atom. The van der Waals surface area contributed by atoms with Gasteiger partial charge in [0.2, 0.25) is 0 Å². The Morgan fingerprint density at radius 2 is 1.70 bits per heavy atom. The van der Waals surface area contributed by atoms with Crippen molar-refractivity contribution in [1.29, 1.82) is 0 Å². The Morgan fingerprint density at radius 1 is 0.967 bits per heavy atom. The predicted molar refractivity (Wildman–Crippen MR) is 122 cm³/mol. The summed E-state index contributed by atoms with van der Waals surface area (Å²) in [5.74, 6) is -0.0764. The van der Waals surface area contributed by atoms with E-state index in [4.69, 9.17) is 0 Å². The molecule has 0 aliphatic carbocycles. The van der Waals surface area contributed by atoms with Crippen LogP contribution in [-0.2, 0) is 6.54 Å². The lowest BCUT2D eigenvalue weighted by molar-refractivity contribution is 0.0940. The van der Waals surface area contributed by atoms with Crippen molar-refractivity contribution in [1.82, 2.24) is 15.1 Å². The van der Waals surface area contributed by atoms with Gasteiger partial charge in [-0.2, -0.15) is 5.10 Å². The summed E-state index contributed by atoms with van der Waals surface area (Å²) in [6.07, 6.45) is 1.85. The molecule has 0 spiro atoms. The highest BCUT2D eigenvalue weighted by molar-refractivity contribution is 5.98. The topological polar surface area (TPSA) is 46.9 Å². The summed E-state index contributed by atoms with van der Waals surface area (Å²) in [5.41, 5.74) is 7.58. The average molecular weight is 398 g/mol. The van der Waals surface area contributed by atoms with Crippen molar-refractivity contribution >= 4 is 16.8 Å². The van der Waals surface area contributed by atoms with Gasteiger partial charge in [-0.3, -0.25) is 9.48 Å². The number of hydrogen-bond acceptors (Lipinski definition) is 2. The Labute approximate surface area is 177 Å². The van der Waals surface area contributed by atoms with Gasteiger partial charge in [0.15, 0.2) is 0 Å². The Hall–Kier alpha value is -3.40. The molecule has 1 aromatic heterocycles. The second kappa shape index (κ2) is 8.15. The zero-order valence-electron chi connectivity index (χ0n) is 17.9. The van der Waals surface area contributed by atoms with E-state index in [0.29, 0.717) is 12.1 Å². The molecule has 4 aromatic rings. The van der Waals surface area contributed by atoms with Crippen molar-refractivity contribution in [2.75, 3.05) is 0 Å². The van der Waals surface area contributed by atoms with Gasteiger partial charge in [0.05, 0.1) is 24.3 Å². The van der Waals surface area contributed by atoms with Gasteiger partial charge >= 0.3 is 0 Å². The molecule has 4 heteroatoms. The van der Waals surface area contributed by atoms with Crippen LogP contribution in [-0.4, -0.2) is 15.7 Å². The lowest BCUT2D eigenvalue weighted by Crippen LogP contribution is -2.27. The molecule has 0 saturated carbocycles. The summed E-state index contributed by atoms with van der Waals surface area (Å²) in [4.78, 5) is 12.9. The molecule has 1 N–H and O–H groups in total. The number of aromatic nitrogens is 2. The van der Waals surface area contributed by atoms with E-state index < -0.39 is 0 Å². The van der Waals surface area contributed by atoms with Gasteiger partial charge in [-0.05, 0) is 56.5 Å². The van der Waals surface area contributed by atoms with Gasteiger partial charge in [-0.25, -0.2) is 0 Å². The van der Waals surface area contributed by atoms with E-state index in [0.717, 1.165) is 16.5 Å². The van der Waals surface area contributed by atoms with Crippen molar-refractivity contribution in [2.24, 2.45) is 0 Å². The number of hydrogen-bond donors (Lipinski definition) is 1. The Balaban J connectivity index is 1.56. The van der Waals surface area contributed by atoms with Crippen molar-refractivity contribution in [3.8, 4) is 0 Å². The molecule has 0 aliphatic heterocycles. The number of fused-ring (bicyclic) bond motifs is 1. The number of rotatable bonds is 5. The lowest BCUT2D eigenvalue weighted by Gasteiger charge is -2.17. The highest BCUT2D eigenvalue weighted by Crippen LogP contribution is 2.21. The highest BCUT2D eigenvalue weighted by atomic mass is 16.1. The normalized spacial score (nSPS) is 12.1. The maximum Gasteiger partial charge on any atom is 0.251 e. The standard InChI is InChI=1S/C26H27N3O/c1-17-5-8-21(9-6-17)16-29-25-14-22(10-11-23(25)15-27-29)26(30)28-20(4)24-12-7-18(2)13-19(24)3/h5-15,20H,16H2,1-4H3,(H,28,30)/t20-/m0/s1. The maximum atomic E-state index is 12.9. The van der Waals surface area contributed by atoms with Crippen LogP contribution in [0.2, 0.25) is 0 Å². The monoisotopic (exact) mass is 397 g/mol. The van der Waals surface area contributed by atoms with Crippen LogP contribution in [0.5, 0.6) is 0 Å². The van der Waals surface area contributed by atoms with E-state index in [-0.39, 0.29) is 11.9 Å². The van der Waals surface area contributed by atoms with E-state index in [1.54, 1.807) is 0 Å². The maximum absolute atomic E-state index is 12.9. The van der Waals surface area contributed by atoms with Gasteiger partial charge in [-0.15, -0.1) is 0 Å². The summed E-state index contributed by atoms with van der Waals surface area (Å²) >= 11 is 0. The number of amides is 1. The largest absolute Gasteiger partial charge is 0.346 e. The molecule has 1 atom stereocenters. The van der Waals surface area contributed by atoms with Crippen molar-refractivity contribution in [2.45, 2.75) is 40.3 Å². The van der Waals surface area contributed by atoms with Crippen LogP contribution in [0, 0.1) is 20.8 Å². The molecule has 0 saturated heterocycles. The number of carbonyl (C=O) groups excluding carboxylic acids is 1. The first-order valence-electron chi connectivity index (χ1n) is 10.3. The minimum atomic E-state index is -0.0764. The van der Waals surface area contributed by atoms with Crippen molar-refractivity contribution < 1.29 is 4.79 Å². The Kier molecular flexibility index (Phi) is 5.40. The van der Waals surface area contributed by atoms with Crippen LogP contribution in [0.1, 0.15) is 51.1 Å². The molecular weight excluding hydrogens is 370 g/mol. The fourth-order valence-electron chi connectivity index (χ4n) is 3.87. The molecule has 4 rings (SSSR count). The smallest absolute Gasteiger partial charge is 0.251 e. The first-order chi connectivity index (χ1) is 14.4. The van der Waals surface area contributed by atoms with Crippen LogP contribution in [0.4, 0.5) is 0 Å². The minimum absolute atomic E-state index is 0.0636. The second-order valence-electron chi connectivity index (χ2n) is 8.12. The van der Waals surface area contributed by atoms with E-state index in [2.05, 4.69) is 73.7 Å². The van der Waals surface area contributed by atoms with Crippen LogP contribution >= 0.6 is 0 Å². The third-order valence-electron chi connectivity index (χ3n) is 5.60. The van der Waals surface area contributed by atoms with Gasteiger partial charge in [-0.1, -0.05) is 59.7 Å². The van der Waals surface area contributed by atoms with Crippen LogP contribution in [0.15, 0.2) is 66.9 Å². The van der Waals surface area contributed by atoms with Crippen LogP contribution in [0.25, 0.3) is 10.9 Å². The quantitative estimate of drug-likeness (QED) is 0.483. The summed E-state index contributed by atoms with van der Waals surface area (Å²) in [5, 5.41) is 8.69. The molecule has 30 heavy (non-hydrogen) atoms. The molecule has 152 valence electrons. The summed E-state index contributed by atoms with van der Waals surface area (Å²) in [6.45, 7) is 8.94. The molecule has 1 amide bonds. The third kappa shape index (κ3) is 4.13. The molecule has 0 unspecified atom stereocenters. The zero-order valence-corrected chi connectivity index (χ0v) is 17.9. The summed E-state index contributed by atoms with van der Waals surface area (Å²) in [6, 6.07) is 20.5. The van der Waals surface area contributed by atoms with E-state index in [1.165, 1.54) is 22.3 Å². The van der Waals surface area contributed by atoms with Gasteiger partial charge in [0, 0.05) is 10.9 Å². The number of nitrogens with one attached hydrogen (secondary N) is 1. The minimum Gasteiger partial charge on any atom is -0.346 e. The fraction of sp³-hybridized carbons (Fsp3) is 0.231. The predicted octanol–water partition coefficient (Wildman–Crippen LogP) is 5.50. The first kappa shape index (κ1) is 19.9. The zero-order chi connectivity index (χ0) is 21.3. The fourth-order valence-corrected chi connectivity index (χ4v) is 3.87. The van der Waals surface area contributed by atoms with Gasteiger partial charge in [0.1, 0.15) is 0 Å². The lowest BCUT2D eigenvalue weighted by atomic mass is 10.00. The first-order valence-corrected chi connectivity index (χ1v) is 10.3. The van der Waals surface area contributed by atoms with Gasteiger partial charge in [0.25, 0.3) is 5.91 Å². The molecule has 0 fully saturated rings. The van der Waals surface area contributed by atoms with E-state index >= 15 is 0 Å². The molecule has 0 aliphatic rings. The number of benzene rings is 3. The van der Waals surface area contributed by atoms with Crippen molar-refractivity contribution in [3.05, 3.63) is 100 Å².